The first-order valence-electron chi connectivity index (χ1n) is 7.94. The van der Waals surface area contributed by atoms with Gasteiger partial charge in [0.05, 0.1) is 6.61 Å². The van der Waals surface area contributed by atoms with Gasteiger partial charge in [-0.2, -0.15) is 15.0 Å². The Kier molecular flexibility index (Phi) is 5.21. The molecule has 1 aromatic heterocycles. The van der Waals surface area contributed by atoms with Gasteiger partial charge in [-0.25, -0.2) is 0 Å². The van der Waals surface area contributed by atoms with E-state index in [4.69, 9.17) is 9.84 Å². The van der Waals surface area contributed by atoms with Crippen LogP contribution in [0.3, 0.4) is 0 Å². The second-order valence-corrected chi connectivity index (χ2v) is 5.46. The maximum Gasteiger partial charge on any atom is 0.328 e. The highest BCUT2D eigenvalue weighted by molar-refractivity contribution is 5.38. The fourth-order valence-electron chi connectivity index (χ4n) is 2.56. The van der Waals surface area contributed by atoms with E-state index in [0.29, 0.717) is 30.2 Å². The first kappa shape index (κ1) is 15.5. The number of para-hydroxylation sites is 1. The number of nitrogens with one attached hydrogen (secondary N) is 2. The van der Waals surface area contributed by atoms with E-state index in [0.717, 1.165) is 12.8 Å². The van der Waals surface area contributed by atoms with Crippen LogP contribution in [0.15, 0.2) is 30.3 Å². The predicted octanol–water partition coefficient (Wildman–Crippen LogP) is 2.42. The van der Waals surface area contributed by atoms with Gasteiger partial charge in [0.15, 0.2) is 0 Å². The lowest BCUT2D eigenvalue weighted by molar-refractivity contribution is 0.310. The molecule has 122 valence electrons. The van der Waals surface area contributed by atoms with Crippen molar-refractivity contribution in [1.29, 1.82) is 0 Å². The van der Waals surface area contributed by atoms with Crippen molar-refractivity contribution in [2.75, 3.05) is 23.8 Å². The average molecular weight is 315 g/mol. The molecule has 3 rings (SSSR count). The molecular formula is C16H21N5O2. The lowest BCUT2D eigenvalue weighted by atomic mass is 10.3. The molecule has 2 aromatic rings. The Balaban J connectivity index is 1.78. The van der Waals surface area contributed by atoms with Gasteiger partial charge in [-0.05, 0) is 25.0 Å². The van der Waals surface area contributed by atoms with Gasteiger partial charge in [0, 0.05) is 12.6 Å². The van der Waals surface area contributed by atoms with Gasteiger partial charge >= 0.3 is 6.01 Å². The minimum Gasteiger partial charge on any atom is -0.424 e. The van der Waals surface area contributed by atoms with Gasteiger partial charge in [-0.3, -0.25) is 0 Å². The summed E-state index contributed by atoms with van der Waals surface area (Å²) in [5.41, 5.74) is 0. The third-order valence-electron chi connectivity index (χ3n) is 3.65. The fraction of sp³-hybridized carbons (Fsp3) is 0.438. The Bertz CT molecular complexity index is 617. The van der Waals surface area contributed by atoms with Crippen LogP contribution in [0, 0.1) is 0 Å². The van der Waals surface area contributed by atoms with Gasteiger partial charge < -0.3 is 20.5 Å². The Hall–Kier alpha value is -2.41. The standard InChI is InChI=1S/C16H21N5O2/c22-11-10-17-14-19-15(18-12-6-4-5-7-12)21-16(20-14)23-13-8-2-1-3-9-13/h1-3,8-9,12,22H,4-7,10-11H2,(H2,17,18,19,20,21). The molecule has 0 amide bonds. The summed E-state index contributed by atoms with van der Waals surface area (Å²) < 4.78 is 5.70. The number of aliphatic hydroxyl groups is 1. The van der Waals surface area contributed by atoms with Crippen LogP contribution < -0.4 is 15.4 Å². The molecule has 0 saturated heterocycles. The quantitative estimate of drug-likeness (QED) is 0.722. The van der Waals surface area contributed by atoms with E-state index >= 15 is 0 Å². The van der Waals surface area contributed by atoms with Crippen LogP contribution >= 0.6 is 0 Å². The minimum atomic E-state index is 0.00590. The Morgan fingerprint density at radius 3 is 2.52 bits per heavy atom. The van der Waals surface area contributed by atoms with Crippen LogP contribution in [0.2, 0.25) is 0 Å². The van der Waals surface area contributed by atoms with E-state index in [9.17, 15) is 0 Å². The van der Waals surface area contributed by atoms with E-state index in [1.807, 2.05) is 30.3 Å². The number of aromatic nitrogens is 3. The lowest BCUT2D eigenvalue weighted by Gasteiger charge is -2.14. The molecule has 0 aliphatic heterocycles. The highest BCUT2D eigenvalue weighted by Crippen LogP contribution is 2.23. The van der Waals surface area contributed by atoms with Crippen LogP contribution in [0.4, 0.5) is 11.9 Å². The molecule has 3 N–H and O–H groups in total. The summed E-state index contributed by atoms with van der Waals surface area (Å²) in [6, 6.07) is 10.0. The SMILES string of the molecule is OCCNc1nc(NC2CCCC2)nc(Oc2ccccc2)n1. The Labute approximate surface area is 135 Å². The Morgan fingerprint density at radius 2 is 1.78 bits per heavy atom. The summed E-state index contributed by atoms with van der Waals surface area (Å²) in [6.45, 7) is 0.379. The number of hydrogen-bond donors (Lipinski definition) is 3. The molecular weight excluding hydrogens is 294 g/mol. The zero-order valence-corrected chi connectivity index (χ0v) is 12.9. The topological polar surface area (TPSA) is 92.2 Å². The monoisotopic (exact) mass is 315 g/mol. The summed E-state index contributed by atoms with van der Waals surface area (Å²) in [4.78, 5) is 12.9. The Morgan fingerprint density at radius 1 is 1.04 bits per heavy atom. The smallest absolute Gasteiger partial charge is 0.328 e. The van der Waals surface area contributed by atoms with Crippen molar-refractivity contribution in [2.24, 2.45) is 0 Å². The molecule has 0 radical (unpaired) electrons. The van der Waals surface area contributed by atoms with Gasteiger partial charge in [0.25, 0.3) is 0 Å². The third-order valence-corrected chi connectivity index (χ3v) is 3.65. The molecule has 7 nitrogen and oxygen atoms in total. The van der Waals surface area contributed by atoms with Gasteiger partial charge in [-0.15, -0.1) is 0 Å². The molecule has 0 spiro atoms. The fourth-order valence-corrected chi connectivity index (χ4v) is 2.56. The largest absolute Gasteiger partial charge is 0.424 e. The van der Waals surface area contributed by atoms with E-state index < -0.39 is 0 Å². The number of aliphatic hydroxyl groups excluding tert-OH is 1. The van der Waals surface area contributed by atoms with Crippen molar-refractivity contribution in [3.05, 3.63) is 30.3 Å². The van der Waals surface area contributed by atoms with Crippen molar-refractivity contribution < 1.29 is 9.84 Å². The second-order valence-electron chi connectivity index (χ2n) is 5.46. The molecule has 1 heterocycles. The van der Waals surface area contributed by atoms with Gasteiger partial charge in [0.1, 0.15) is 5.75 Å². The van der Waals surface area contributed by atoms with Crippen molar-refractivity contribution in [3.8, 4) is 11.8 Å². The van der Waals surface area contributed by atoms with Gasteiger partial charge in [0.2, 0.25) is 11.9 Å². The molecule has 1 aromatic carbocycles. The third kappa shape index (κ3) is 4.53. The molecule has 0 bridgehead atoms. The van der Waals surface area contributed by atoms with Gasteiger partial charge in [-0.1, -0.05) is 31.0 Å². The van der Waals surface area contributed by atoms with Crippen molar-refractivity contribution >= 4 is 11.9 Å². The lowest BCUT2D eigenvalue weighted by Crippen LogP contribution is -2.18. The van der Waals surface area contributed by atoms with E-state index in [-0.39, 0.29) is 12.6 Å². The van der Waals surface area contributed by atoms with Crippen LogP contribution in [0.25, 0.3) is 0 Å². The zero-order valence-electron chi connectivity index (χ0n) is 12.9. The molecule has 23 heavy (non-hydrogen) atoms. The summed E-state index contributed by atoms with van der Waals surface area (Å²) in [5.74, 6) is 1.55. The first-order chi connectivity index (χ1) is 11.3. The van der Waals surface area contributed by atoms with Crippen molar-refractivity contribution in [3.63, 3.8) is 0 Å². The summed E-state index contributed by atoms with van der Waals surface area (Å²) >= 11 is 0. The molecule has 0 atom stereocenters. The summed E-state index contributed by atoms with van der Waals surface area (Å²) in [6.07, 6.45) is 4.71. The minimum absolute atomic E-state index is 0.00590. The number of benzene rings is 1. The molecule has 1 saturated carbocycles. The van der Waals surface area contributed by atoms with Crippen molar-refractivity contribution in [2.45, 2.75) is 31.7 Å². The normalized spacial score (nSPS) is 14.7. The first-order valence-corrected chi connectivity index (χ1v) is 7.94. The molecule has 0 unspecified atom stereocenters. The molecule has 1 fully saturated rings. The van der Waals surface area contributed by atoms with E-state index in [1.54, 1.807) is 0 Å². The zero-order chi connectivity index (χ0) is 15.9. The number of ether oxygens (including phenoxy) is 1. The number of rotatable bonds is 7. The van der Waals surface area contributed by atoms with Crippen LogP contribution in [-0.2, 0) is 0 Å². The average Bonchev–Trinajstić information content (AvgIpc) is 3.07. The van der Waals surface area contributed by atoms with E-state index in [1.165, 1.54) is 12.8 Å². The van der Waals surface area contributed by atoms with Crippen molar-refractivity contribution in [1.82, 2.24) is 15.0 Å². The van der Waals surface area contributed by atoms with Crippen LogP contribution in [0.5, 0.6) is 11.8 Å². The second kappa shape index (κ2) is 7.73. The highest BCUT2D eigenvalue weighted by Gasteiger charge is 2.17. The van der Waals surface area contributed by atoms with Crippen LogP contribution in [-0.4, -0.2) is 39.3 Å². The molecule has 1 aliphatic rings. The van der Waals surface area contributed by atoms with Crippen LogP contribution in [0.1, 0.15) is 25.7 Å². The summed E-state index contributed by atoms with van der Waals surface area (Å²) in [7, 11) is 0. The number of nitrogens with zero attached hydrogens (tertiary/aromatic N) is 3. The molecule has 7 heteroatoms. The number of hydrogen-bond acceptors (Lipinski definition) is 7. The maximum absolute atomic E-state index is 8.95. The highest BCUT2D eigenvalue weighted by atomic mass is 16.5. The number of anilines is 2. The van der Waals surface area contributed by atoms with E-state index in [2.05, 4.69) is 25.6 Å². The predicted molar refractivity (Wildman–Crippen MR) is 87.8 cm³/mol. The molecule has 1 aliphatic carbocycles. The maximum atomic E-state index is 8.95. The summed E-state index contributed by atoms with van der Waals surface area (Å²) in [5, 5.41) is 15.2.